The maximum atomic E-state index is 6.09. The van der Waals surface area contributed by atoms with Crippen LogP contribution in [0.1, 0.15) is 24.0 Å². The summed E-state index contributed by atoms with van der Waals surface area (Å²) in [5.74, 6) is 1.96. The van der Waals surface area contributed by atoms with Gasteiger partial charge in [0, 0.05) is 5.69 Å². The third kappa shape index (κ3) is 3.55. The van der Waals surface area contributed by atoms with Crippen LogP contribution in [0.15, 0.2) is 47.5 Å². The topological polar surface area (TPSA) is 68.9 Å². The van der Waals surface area contributed by atoms with Gasteiger partial charge in [-0.3, -0.25) is 0 Å². The Bertz CT molecular complexity index is 788. The summed E-state index contributed by atoms with van der Waals surface area (Å²) in [6.07, 6.45) is 4.62. The van der Waals surface area contributed by atoms with Gasteiger partial charge in [-0.15, -0.1) is 0 Å². The molecule has 2 aromatic carbocycles. The van der Waals surface area contributed by atoms with Crippen molar-refractivity contribution in [2.45, 2.75) is 31.8 Å². The first-order valence-corrected chi connectivity index (χ1v) is 8.86. The second-order valence-corrected chi connectivity index (χ2v) is 6.50. The highest BCUT2D eigenvalue weighted by atomic mass is 16.6. The van der Waals surface area contributed by atoms with E-state index in [2.05, 4.69) is 28.5 Å². The first-order chi connectivity index (χ1) is 12.3. The molecule has 0 amide bonds. The molecule has 0 fully saturated rings. The molecule has 1 atom stereocenters. The predicted molar refractivity (Wildman–Crippen MR) is 99.5 cm³/mol. The lowest BCUT2D eigenvalue weighted by atomic mass is 9.90. The fourth-order valence-electron chi connectivity index (χ4n) is 3.43. The third-order valence-electron chi connectivity index (χ3n) is 4.69. The number of nitrogens with one attached hydrogen (secondary N) is 1. The van der Waals surface area contributed by atoms with E-state index in [1.54, 1.807) is 0 Å². The van der Waals surface area contributed by atoms with E-state index in [0.717, 1.165) is 30.0 Å². The maximum absolute atomic E-state index is 6.09. The van der Waals surface area contributed by atoms with E-state index in [0.29, 0.717) is 19.1 Å². The van der Waals surface area contributed by atoms with Crippen LogP contribution in [-0.4, -0.2) is 25.2 Å². The minimum absolute atomic E-state index is 0.125. The Morgan fingerprint density at radius 2 is 1.92 bits per heavy atom. The quantitative estimate of drug-likeness (QED) is 0.667. The summed E-state index contributed by atoms with van der Waals surface area (Å²) in [5.41, 5.74) is 9.96. The predicted octanol–water partition coefficient (Wildman–Crippen LogP) is 3.13. The van der Waals surface area contributed by atoms with Crippen molar-refractivity contribution < 1.29 is 9.47 Å². The van der Waals surface area contributed by atoms with Crippen molar-refractivity contribution >= 4 is 11.6 Å². The number of fused-ring (bicyclic) bond motifs is 2. The number of guanidine groups is 1. The number of rotatable bonds is 3. The number of hydrogen-bond acceptors (Lipinski definition) is 3. The van der Waals surface area contributed by atoms with E-state index in [1.165, 1.54) is 24.0 Å². The van der Waals surface area contributed by atoms with Gasteiger partial charge in [-0.25, -0.2) is 4.99 Å². The van der Waals surface area contributed by atoms with E-state index >= 15 is 0 Å². The van der Waals surface area contributed by atoms with Gasteiger partial charge in [0.05, 0.1) is 6.54 Å². The fourth-order valence-corrected chi connectivity index (χ4v) is 3.43. The summed E-state index contributed by atoms with van der Waals surface area (Å²) in [5, 5.41) is 3.26. The Balaban J connectivity index is 1.40. The minimum Gasteiger partial charge on any atom is -0.486 e. The minimum atomic E-state index is -0.125. The largest absolute Gasteiger partial charge is 0.486 e. The van der Waals surface area contributed by atoms with Gasteiger partial charge in [-0.05, 0) is 55.0 Å². The molecule has 0 saturated heterocycles. The van der Waals surface area contributed by atoms with Crippen molar-refractivity contribution in [3.8, 4) is 11.5 Å². The molecule has 2 aromatic rings. The molecular weight excluding hydrogens is 314 g/mol. The SMILES string of the molecule is NC(=NCC1COc2ccccc2O1)Nc1cccc2c1CCCC2. The van der Waals surface area contributed by atoms with Crippen LogP contribution in [-0.2, 0) is 12.8 Å². The zero-order valence-electron chi connectivity index (χ0n) is 14.2. The van der Waals surface area contributed by atoms with Gasteiger partial charge < -0.3 is 20.5 Å². The second-order valence-electron chi connectivity index (χ2n) is 6.50. The van der Waals surface area contributed by atoms with E-state index in [1.807, 2.05) is 24.3 Å². The van der Waals surface area contributed by atoms with Crippen LogP contribution >= 0.6 is 0 Å². The molecule has 1 aliphatic carbocycles. The van der Waals surface area contributed by atoms with Crippen LogP contribution in [0, 0.1) is 0 Å². The molecule has 25 heavy (non-hydrogen) atoms. The molecule has 3 N–H and O–H groups in total. The maximum Gasteiger partial charge on any atom is 0.193 e. The summed E-state index contributed by atoms with van der Waals surface area (Å²) in [7, 11) is 0. The summed E-state index contributed by atoms with van der Waals surface area (Å²) in [6.45, 7) is 0.941. The highest BCUT2D eigenvalue weighted by molar-refractivity contribution is 5.93. The molecule has 0 bridgehead atoms. The molecule has 130 valence electrons. The number of anilines is 1. The summed E-state index contributed by atoms with van der Waals surface area (Å²) in [6, 6.07) is 14.0. The van der Waals surface area contributed by atoms with Gasteiger partial charge in [-0.1, -0.05) is 24.3 Å². The number of hydrogen-bond donors (Lipinski definition) is 2. The van der Waals surface area contributed by atoms with Gasteiger partial charge in [0.25, 0.3) is 0 Å². The van der Waals surface area contributed by atoms with Crippen molar-refractivity contribution in [1.82, 2.24) is 0 Å². The van der Waals surface area contributed by atoms with Crippen molar-refractivity contribution in [1.29, 1.82) is 0 Å². The molecule has 5 nitrogen and oxygen atoms in total. The van der Waals surface area contributed by atoms with Crippen molar-refractivity contribution in [2.75, 3.05) is 18.5 Å². The zero-order chi connectivity index (χ0) is 17.1. The molecule has 0 spiro atoms. The van der Waals surface area contributed by atoms with Crippen LogP contribution < -0.4 is 20.5 Å². The van der Waals surface area contributed by atoms with Crippen LogP contribution in [0.4, 0.5) is 5.69 Å². The van der Waals surface area contributed by atoms with Gasteiger partial charge in [0.2, 0.25) is 0 Å². The number of nitrogens with two attached hydrogens (primary N) is 1. The lowest BCUT2D eigenvalue weighted by Crippen LogP contribution is -2.33. The molecule has 1 heterocycles. The molecule has 5 heteroatoms. The molecule has 0 radical (unpaired) electrons. The van der Waals surface area contributed by atoms with Crippen molar-refractivity contribution in [3.05, 3.63) is 53.6 Å². The molecule has 1 unspecified atom stereocenters. The van der Waals surface area contributed by atoms with Crippen molar-refractivity contribution in [2.24, 2.45) is 10.7 Å². The van der Waals surface area contributed by atoms with Gasteiger partial charge in [0.1, 0.15) is 6.61 Å². The number of benzene rings is 2. The molecule has 0 aromatic heterocycles. The molecule has 0 saturated carbocycles. The Hall–Kier alpha value is -2.69. The molecule has 1 aliphatic heterocycles. The number of nitrogens with zero attached hydrogens (tertiary/aromatic N) is 1. The summed E-state index contributed by atoms with van der Waals surface area (Å²) >= 11 is 0. The number of para-hydroxylation sites is 2. The molecular formula is C20H23N3O2. The van der Waals surface area contributed by atoms with Gasteiger partial charge in [-0.2, -0.15) is 0 Å². The number of ether oxygens (including phenoxy) is 2. The Morgan fingerprint density at radius 1 is 1.08 bits per heavy atom. The Morgan fingerprint density at radius 3 is 2.84 bits per heavy atom. The highest BCUT2D eigenvalue weighted by Gasteiger charge is 2.20. The van der Waals surface area contributed by atoms with Gasteiger partial charge >= 0.3 is 0 Å². The highest BCUT2D eigenvalue weighted by Crippen LogP contribution is 2.31. The standard InChI is InChI=1S/C20H23N3O2/c21-20(23-17-9-5-7-14-6-1-2-8-16(14)17)22-12-15-13-24-18-10-3-4-11-19(18)25-15/h3-5,7,9-11,15H,1-2,6,8,12-13H2,(H3,21,22,23). The second kappa shape index (κ2) is 7.05. The van der Waals surface area contributed by atoms with E-state index in [9.17, 15) is 0 Å². The Kier molecular flexibility index (Phi) is 4.46. The van der Waals surface area contributed by atoms with E-state index < -0.39 is 0 Å². The zero-order valence-corrected chi connectivity index (χ0v) is 14.2. The van der Waals surface area contributed by atoms with Crippen molar-refractivity contribution in [3.63, 3.8) is 0 Å². The van der Waals surface area contributed by atoms with Gasteiger partial charge in [0.15, 0.2) is 23.6 Å². The monoisotopic (exact) mass is 337 g/mol. The normalized spacial score (nSPS) is 19.2. The summed E-state index contributed by atoms with van der Waals surface area (Å²) < 4.78 is 11.6. The third-order valence-corrected chi connectivity index (χ3v) is 4.69. The van der Waals surface area contributed by atoms with Crippen LogP contribution in [0.3, 0.4) is 0 Å². The van der Waals surface area contributed by atoms with Crippen LogP contribution in [0.2, 0.25) is 0 Å². The first-order valence-electron chi connectivity index (χ1n) is 8.86. The first kappa shape index (κ1) is 15.8. The Labute approximate surface area is 147 Å². The smallest absolute Gasteiger partial charge is 0.193 e. The number of aliphatic imine (C=N–C) groups is 1. The molecule has 2 aliphatic rings. The lowest BCUT2D eigenvalue weighted by molar-refractivity contribution is 0.0972. The summed E-state index contributed by atoms with van der Waals surface area (Å²) in [4.78, 5) is 4.44. The lowest BCUT2D eigenvalue weighted by Gasteiger charge is -2.25. The van der Waals surface area contributed by atoms with Crippen LogP contribution in [0.5, 0.6) is 11.5 Å². The molecule has 4 rings (SSSR count). The number of aryl methyl sites for hydroxylation is 1. The van der Waals surface area contributed by atoms with E-state index in [-0.39, 0.29) is 6.10 Å². The average Bonchev–Trinajstić information content (AvgIpc) is 2.66. The van der Waals surface area contributed by atoms with E-state index in [4.69, 9.17) is 15.2 Å². The fraction of sp³-hybridized carbons (Fsp3) is 0.350. The average molecular weight is 337 g/mol. The van der Waals surface area contributed by atoms with Crippen LogP contribution in [0.25, 0.3) is 0 Å².